The van der Waals surface area contributed by atoms with E-state index in [2.05, 4.69) is 15.0 Å². The number of H-pyrrole nitrogens is 2. The molecule has 0 aliphatic carbocycles. The SMILES string of the molecule is COC1C[C@H](n2c(=O)[nH]c3c(=O)[nH]c(N)nc32)O[C@@H]1COI. The van der Waals surface area contributed by atoms with E-state index in [0.29, 0.717) is 13.0 Å². The number of hydrogen-bond donors (Lipinski definition) is 3. The van der Waals surface area contributed by atoms with Crippen LogP contribution in [0.25, 0.3) is 11.2 Å². The van der Waals surface area contributed by atoms with E-state index in [1.165, 1.54) is 4.57 Å². The highest BCUT2D eigenvalue weighted by atomic mass is 127. The zero-order valence-electron chi connectivity index (χ0n) is 11.5. The average Bonchev–Trinajstić information content (AvgIpc) is 3.00. The van der Waals surface area contributed by atoms with Crippen LogP contribution in [-0.4, -0.2) is 45.4 Å². The molecule has 1 aliphatic heterocycles. The third kappa shape index (κ3) is 2.53. The highest BCUT2D eigenvalue weighted by molar-refractivity contribution is 14.1. The number of aromatic amines is 2. The highest BCUT2D eigenvalue weighted by Gasteiger charge is 2.38. The lowest BCUT2D eigenvalue weighted by molar-refractivity contribution is -0.0411. The lowest BCUT2D eigenvalue weighted by Crippen LogP contribution is -2.27. The zero-order chi connectivity index (χ0) is 15.9. The second-order valence-corrected chi connectivity index (χ2v) is 5.49. The molecule has 11 heteroatoms. The van der Waals surface area contributed by atoms with Crippen molar-refractivity contribution in [2.75, 3.05) is 19.5 Å². The Balaban J connectivity index is 2.06. The van der Waals surface area contributed by atoms with E-state index >= 15 is 0 Å². The molecule has 4 N–H and O–H groups in total. The minimum absolute atomic E-state index is 0.0605. The predicted octanol–water partition coefficient (Wildman–Crippen LogP) is -0.336. The number of aromatic nitrogens is 4. The molecule has 0 spiro atoms. The van der Waals surface area contributed by atoms with Crippen LogP contribution in [0.15, 0.2) is 9.59 Å². The number of nitrogen functional groups attached to an aromatic ring is 1. The molecule has 3 atom stereocenters. The number of fused-ring (bicyclic) bond motifs is 1. The second kappa shape index (κ2) is 5.98. The van der Waals surface area contributed by atoms with Crippen LogP contribution >= 0.6 is 23.0 Å². The molecule has 0 saturated carbocycles. The van der Waals surface area contributed by atoms with Gasteiger partial charge in [-0.1, -0.05) is 0 Å². The van der Waals surface area contributed by atoms with Gasteiger partial charge in [-0.25, -0.2) is 9.36 Å². The van der Waals surface area contributed by atoms with Crippen molar-refractivity contribution in [3.8, 4) is 0 Å². The van der Waals surface area contributed by atoms with Crippen molar-refractivity contribution in [2.24, 2.45) is 0 Å². The number of nitrogens with zero attached hydrogens (tertiary/aromatic N) is 2. The van der Waals surface area contributed by atoms with Gasteiger partial charge in [0.15, 0.2) is 11.2 Å². The smallest absolute Gasteiger partial charge is 0.329 e. The number of rotatable bonds is 4. The summed E-state index contributed by atoms with van der Waals surface area (Å²) < 4.78 is 17.5. The van der Waals surface area contributed by atoms with Crippen molar-refractivity contribution < 1.29 is 12.5 Å². The Morgan fingerprint density at radius 1 is 1.50 bits per heavy atom. The summed E-state index contributed by atoms with van der Waals surface area (Å²) in [5.41, 5.74) is 4.76. The molecule has 1 unspecified atom stereocenters. The Hall–Kier alpha value is -1.44. The van der Waals surface area contributed by atoms with Crippen LogP contribution in [0, 0.1) is 0 Å². The van der Waals surface area contributed by atoms with Gasteiger partial charge in [0, 0.05) is 13.5 Å². The fraction of sp³-hybridized carbons (Fsp3) is 0.545. The van der Waals surface area contributed by atoms with Gasteiger partial charge in [-0.2, -0.15) is 4.98 Å². The maximum atomic E-state index is 12.2. The average molecular weight is 423 g/mol. The van der Waals surface area contributed by atoms with Gasteiger partial charge in [-0.15, -0.1) is 0 Å². The van der Waals surface area contributed by atoms with Gasteiger partial charge in [0.05, 0.1) is 12.7 Å². The van der Waals surface area contributed by atoms with Gasteiger partial charge in [-0.05, 0) is 0 Å². The molecule has 0 bridgehead atoms. The van der Waals surface area contributed by atoms with Crippen LogP contribution in [-0.2, 0) is 12.5 Å². The summed E-state index contributed by atoms with van der Waals surface area (Å²) in [5.74, 6) is -0.0707. The maximum absolute atomic E-state index is 12.2. The van der Waals surface area contributed by atoms with Crippen molar-refractivity contribution in [1.29, 1.82) is 0 Å². The van der Waals surface area contributed by atoms with Crippen LogP contribution in [0.1, 0.15) is 12.6 Å². The van der Waals surface area contributed by atoms with Gasteiger partial charge in [-0.3, -0.25) is 14.8 Å². The van der Waals surface area contributed by atoms with E-state index in [9.17, 15) is 9.59 Å². The Kier molecular flexibility index (Phi) is 4.20. The van der Waals surface area contributed by atoms with Crippen molar-refractivity contribution in [2.45, 2.75) is 24.9 Å². The van der Waals surface area contributed by atoms with Crippen molar-refractivity contribution in [3.63, 3.8) is 0 Å². The number of methoxy groups -OCH3 is 1. The molecule has 0 amide bonds. The molecular weight excluding hydrogens is 409 g/mol. The minimum Gasteiger partial charge on any atom is -0.378 e. The summed E-state index contributed by atoms with van der Waals surface area (Å²) in [6.45, 7) is 0.322. The first kappa shape index (κ1) is 15.5. The minimum atomic E-state index is -0.614. The number of imidazole rings is 1. The Morgan fingerprint density at radius 2 is 2.27 bits per heavy atom. The zero-order valence-corrected chi connectivity index (χ0v) is 13.7. The number of halogens is 1. The molecule has 1 fully saturated rings. The number of hydrogen-bond acceptors (Lipinski definition) is 7. The summed E-state index contributed by atoms with van der Waals surface area (Å²) in [5, 5.41) is 0. The first-order valence-electron chi connectivity index (χ1n) is 6.47. The van der Waals surface area contributed by atoms with Gasteiger partial charge < -0.3 is 18.3 Å². The van der Waals surface area contributed by atoms with E-state index in [1.54, 1.807) is 30.1 Å². The molecule has 22 heavy (non-hydrogen) atoms. The van der Waals surface area contributed by atoms with Crippen LogP contribution < -0.4 is 17.0 Å². The highest BCUT2D eigenvalue weighted by Crippen LogP contribution is 2.31. The van der Waals surface area contributed by atoms with Gasteiger partial charge in [0.2, 0.25) is 5.95 Å². The van der Waals surface area contributed by atoms with E-state index in [1.807, 2.05) is 0 Å². The summed E-state index contributed by atoms with van der Waals surface area (Å²) >= 11 is 1.77. The van der Waals surface area contributed by atoms with Gasteiger partial charge in [0.25, 0.3) is 5.56 Å². The number of ether oxygens (including phenoxy) is 2. The third-order valence-electron chi connectivity index (χ3n) is 3.60. The molecule has 10 nitrogen and oxygen atoms in total. The lowest BCUT2D eigenvalue weighted by Gasteiger charge is -2.15. The molecule has 3 rings (SSSR count). The Labute approximate surface area is 137 Å². The molecular formula is C11H14IN5O5. The van der Waals surface area contributed by atoms with E-state index < -0.39 is 17.5 Å². The fourth-order valence-electron chi connectivity index (χ4n) is 2.61. The molecule has 2 aromatic heterocycles. The molecule has 120 valence electrons. The molecule has 3 heterocycles. The summed E-state index contributed by atoms with van der Waals surface area (Å²) in [6, 6.07) is 0. The first-order chi connectivity index (χ1) is 10.5. The van der Waals surface area contributed by atoms with Crippen LogP contribution in [0.5, 0.6) is 0 Å². The van der Waals surface area contributed by atoms with E-state index in [-0.39, 0.29) is 29.3 Å². The van der Waals surface area contributed by atoms with E-state index in [4.69, 9.17) is 18.3 Å². The van der Waals surface area contributed by atoms with Gasteiger partial charge in [0.1, 0.15) is 35.3 Å². The number of nitrogens with two attached hydrogens (primary N) is 1. The maximum Gasteiger partial charge on any atom is 0.329 e. The largest absolute Gasteiger partial charge is 0.378 e. The molecule has 0 radical (unpaired) electrons. The Morgan fingerprint density at radius 3 is 2.95 bits per heavy atom. The molecule has 0 aromatic carbocycles. The van der Waals surface area contributed by atoms with Crippen molar-refractivity contribution in [3.05, 3.63) is 20.8 Å². The third-order valence-corrected chi connectivity index (χ3v) is 3.96. The second-order valence-electron chi connectivity index (χ2n) is 4.86. The first-order valence-corrected chi connectivity index (χ1v) is 7.35. The Bertz CT molecular complexity index is 798. The summed E-state index contributed by atoms with van der Waals surface area (Å²) in [7, 11) is 1.57. The van der Waals surface area contributed by atoms with Crippen LogP contribution in [0.3, 0.4) is 0 Å². The van der Waals surface area contributed by atoms with E-state index in [0.717, 1.165) is 0 Å². The quantitative estimate of drug-likeness (QED) is 0.573. The topological polar surface area (TPSA) is 137 Å². The fourth-order valence-corrected chi connectivity index (χ4v) is 2.97. The van der Waals surface area contributed by atoms with Crippen molar-refractivity contribution in [1.82, 2.24) is 19.5 Å². The van der Waals surface area contributed by atoms with Gasteiger partial charge >= 0.3 is 5.69 Å². The summed E-state index contributed by atoms with van der Waals surface area (Å²) in [4.78, 5) is 32.8. The summed E-state index contributed by atoms with van der Waals surface area (Å²) in [6.07, 6.45) is -0.724. The predicted molar refractivity (Wildman–Crippen MR) is 84.7 cm³/mol. The molecule has 2 aromatic rings. The van der Waals surface area contributed by atoms with Crippen LogP contribution in [0.4, 0.5) is 5.95 Å². The van der Waals surface area contributed by atoms with Crippen molar-refractivity contribution >= 4 is 40.1 Å². The number of nitrogens with one attached hydrogen (secondary N) is 2. The number of anilines is 1. The molecule has 1 aliphatic rings. The standard InChI is InChI=1S/C11H14IN5O5/c1-20-4-2-6(22-5(4)3-21-12)17-8-7(14-11(17)19)9(18)16-10(13)15-8/h4-6H,2-3H2,1H3,(H,14,19)(H3,13,15,16,18)/t4?,5-,6-/m1/s1. The van der Waals surface area contributed by atoms with Crippen LogP contribution in [0.2, 0.25) is 0 Å². The molecule has 1 saturated heterocycles. The normalized spacial score (nSPS) is 25.1. The monoisotopic (exact) mass is 423 g/mol. The lowest BCUT2D eigenvalue weighted by atomic mass is 10.2.